The average Bonchev–Trinajstić information content (AvgIpc) is 2.79. The van der Waals surface area contributed by atoms with E-state index in [9.17, 15) is 29.7 Å². The van der Waals surface area contributed by atoms with Gasteiger partial charge in [0.2, 0.25) is 5.78 Å². The number of hydrogen-bond donors (Lipinski definition) is 4. The van der Waals surface area contributed by atoms with Crippen molar-refractivity contribution in [1.82, 2.24) is 0 Å². The number of carbonyl (C=O) groups excluding carboxylic acids is 3. The second-order valence-corrected chi connectivity index (χ2v) is 8.92. The molecule has 1 aromatic rings. The van der Waals surface area contributed by atoms with E-state index >= 15 is 0 Å². The molecule has 0 saturated heterocycles. The van der Waals surface area contributed by atoms with E-state index in [0.29, 0.717) is 12.0 Å². The number of hydrogen-bond acceptors (Lipinski definition) is 7. The van der Waals surface area contributed by atoms with Crippen LogP contribution in [-0.4, -0.2) is 45.5 Å². The number of phenols is 1. The third kappa shape index (κ3) is 3.36. The van der Waals surface area contributed by atoms with Crippen molar-refractivity contribution in [1.29, 1.82) is 0 Å². The summed E-state index contributed by atoms with van der Waals surface area (Å²) < 4.78 is 5.52. The van der Waals surface area contributed by atoms with Gasteiger partial charge in [0.15, 0.2) is 11.4 Å². The zero-order valence-corrected chi connectivity index (χ0v) is 19.5. The molecule has 35 heavy (non-hydrogen) atoms. The van der Waals surface area contributed by atoms with Crippen LogP contribution in [0.4, 0.5) is 0 Å². The maximum atomic E-state index is 13.9. The smallest absolute Gasteiger partial charge is 0.255 e. The van der Waals surface area contributed by atoms with Crippen LogP contribution in [-0.2, 0) is 25.5 Å². The first-order chi connectivity index (χ1) is 16.6. The van der Waals surface area contributed by atoms with Crippen LogP contribution in [0.5, 0.6) is 5.75 Å². The van der Waals surface area contributed by atoms with Gasteiger partial charge in [-0.3, -0.25) is 14.4 Å². The molecule has 8 nitrogen and oxygen atoms in total. The lowest BCUT2D eigenvalue weighted by Crippen LogP contribution is -2.59. The van der Waals surface area contributed by atoms with Crippen molar-refractivity contribution in [2.24, 2.45) is 17.6 Å². The molecule has 0 radical (unpaired) electrons. The predicted octanol–water partition coefficient (Wildman–Crippen LogP) is 3.22. The van der Waals surface area contributed by atoms with Gasteiger partial charge in [0.1, 0.15) is 22.8 Å². The number of rotatable bonds is 5. The van der Waals surface area contributed by atoms with E-state index in [-0.39, 0.29) is 29.7 Å². The van der Waals surface area contributed by atoms with Gasteiger partial charge in [-0.1, -0.05) is 36.9 Å². The van der Waals surface area contributed by atoms with Gasteiger partial charge in [-0.2, -0.15) is 0 Å². The number of primary amides is 1. The number of ether oxygens (including phenoxy) is 1. The van der Waals surface area contributed by atoms with Gasteiger partial charge < -0.3 is 25.8 Å². The minimum absolute atomic E-state index is 0.0203. The first-order valence-electron chi connectivity index (χ1n) is 11.2. The molecule has 5 N–H and O–H groups in total. The Morgan fingerprint density at radius 2 is 1.94 bits per heavy atom. The largest absolute Gasteiger partial charge is 0.508 e. The van der Waals surface area contributed by atoms with E-state index in [1.807, 2.05) is 19.1 Å². The molecule has 2 unspecified atom stereocenters. The minimum Gasteiger partial charge on any atom is -0.508 e. The van der Waals surface area contributed by atoms with E-state index in [0.717, 1.165) is 11.1 Å². The molecule has 1 amide bonds. The van der Waals surface area contributed by atoms with E-state index < -0.39 is 52.0 Å². The molecule has 0 spiro atoms. The SMILES string of the molecule is C=C/C=C(\C=C/C)c1ccc(O)c2c1CC1CC3CC(=O)C(C(N)=O)=C(O)[C@@]3(OC)C(=O)C1=C2O. The number of amides is 1. The van der Waals surface area contributed by atoms with Crippen molar-refractivity contribution in [3.8, 4) is 5.75 Å². The average molecular weight is 478 g/mol. The van der Waals surface area contributed by atoms with Gasteiger partial charge in [0.05, 0.1) is 5.56 Å². The van der Waals surface area contributed by atoms with Crippen LogP contribution in [0.25, 0.3) is 11.3 Å². The van der Waals surface area contributed by atoms with Crippen LogP contribution < -0.4 is 5.73 Å². The normalized spacial score (nSPS) is 26.5. The summed E-state index contributed by atoms with van der Waals surface area (Å²) >= 11 is 0. The summed E-state index contributed by atoms with van der Waals surface area (Å²) in [5, 5.41) is 32.9. The molecule has 1 aromatic carbocycles. The summed E-state index contributed by atoms with van der Waals surface area (Å²) in [6.45, 7) is 5.62. The third-order valence-electron chi connectivity index (χ3n) is 7.19. The molecule has 0 heterocycles. The maximum absolute atomic E-state index is 13.9. The number of methoxy groups -OCH3 is 1. The number of aliphatic hydroxyl groups excluding tert-OH is 2. The fourth-order valence-corrected chi connectivity index (χ4v) is 5.77. The summed E-state index contributed by atoms with van der Waals surface area (Å²) in [4.78, 5) is 38.4. The Morgan fingerprint density at radius 3 is 2.54 bits per heavy atom. The molecule has 8 heteroatoms. The summed E-state index contributed by atoms with van der Waals surface area (Å²) in [6, 6.07) is 3.18. The number of Topliss-reactive ketones (excluding diaryl/α,β-unsaturated/α-hetero) is 2. The van der Waals surface area contributed by atoms with Gasteiger partial charge >= 0.3 is 0 Å². The molecule has 0 aromatic heterocycles. The van der Waals surface area contributed by atoms with E-state index in [1.165, 1.54) is 13.2 Å². The molecular weight excluding hydrogens is 450 g/mol. The van der Waals surface area contributed by atoms with Crippen molar-refractivity contribution in [3.63, 3.8) is 0 Å². The van der Waals surface area contributed by atoms with Crippen molar-refractivity contribution in [2.45, 2.75) is 31.8 Å². The first kappa shape index (κ1) is 24.2. The number of benzene rings is 1. The highest BCUT2D eigenvalue weighted by Crippen LogP contribution is 2.53. The topological polar surface area (TPSA) is 147 Å². The second kappa shape index (κ2) is 8.70. The van der Waals surface area contributed by atoms with E-state index in [1.54, 1.807) is 18.2 Å². The Balaban J connectivity index is 1.97. The van der Waals surface area contributed by atoms with Crippen molar-refractivity contribution >= 4 is 28.8 Å². The molecule has 1 fully saturated rings. The molecule has 182 valence electrons. The summed E-state index contributed by atoms with van der Waals surface area (Å²) in [5.74, 6) is -5.29. The van der Waals surface area contributed by atoms with Crippen molar-refractivity contribution in [3.05, 3.63) is 76.6 Å². The van der Waals surface area contributed by atoms with Gasteiger partial charge in [-0.05, 0) is 48.4 Å². The molecule has 4 rings (SSSR count). The molecule has 1 saturated carbocycles. The number of fused-ring (bicyclic) bond motifs is 3. The van der Waals surface area contributed by atoms with Crippen LogP contribution in [0, 0.1) is 11.8 Å². The number of nitrogens with two attached hydrogens (primary N) is 1. The minimum atomic E-state index is -2.03. The molecule has 0 aliphatic heterocycles. The Hall–Kier alpha value is -3.91. The van der Waals surface area contributed by atoms with Crippen LogP contribution in [0.15, 0.2) is 59.9 Å². The van der Waals surface area contributed by atoms with Crippen LogP contribution in [0.1, 0.15) is 36.5 Å². The highest BCUT2D eigenvalue weighted by Gasteiger charge is 2.61. The van der Waals surface area contributed by atoms with Crippen LogP contribution in [0.3, 0.4) is 0 Å². The van der Waals surface area contributed by atoms with Crippen LogP contribution >= 0.6 is 0 Å². The Morgan fingerprint density at radius 1 is 1.23 bits per heavy atom. The Bertz CT molecular complexity index is 1300. The van der Waals surface area contributed by atoms with Gasteiger partial charge in [-0.25, -0.2) is 0 Å². The van der Waals surface area contributed by atoms with Crippen molar-refractivity contribution in [2.75, 3.05) is 7.11 Å². The number of carbonyl (C=O) groups is 3. The number of aliphatic hydroxyl groups is 2. The van der Waals surface area contributed by atoms with E-state index in [4.69, 9.17) is 10.5 Å². The van der Waals surface area contributed by atoms with Gasteiger partial charge in [-0.15, -0.1) is 0 Å². The third-order valence-corrected chi connectivity index (χ3v) is 7.19. The molecular formula is C27H27NO7. The fraction of sp³-hybridized carbons (Fsp3) is 0.296. The lowest BCUT2D eigenvalue weighted by molar-refractivity contribution is -0.153. The number of ketones is 2. The predicted molar refractivity (Wildman–Crippen MR) is 129 cm³/mol. The fourth-order valence-electron chi connectivity index (χ4n) is 5.77. The molecule has 3 aliphatic carbocycles. The van der Waals surface area contributed by atoms with Gasteiger partial charge in [0.25, 0.3) is 5.91 Å². The second-order valence-electron chi connectivity index (χ2n) is 8.92. The van der Waals surface area contributed by atoms with Crippen LogP contribution in [0.2, 0.25) is 0 Å². The maximum Gasteiger partial charge on any atom is 0.255 e. The Labute approximate surface area is 202 Å². The summed E-state index contributed by atoms with van der Waals surface area (Å²) in [6.07, 6.45) is 7.47. The molecule has 3 aliphatic rings. The zero-order chi connectivity index (χ0) is 25.7. The quantitative estimate of drug-likeness (QED) is 0.376. The lowest BCUT2D eigenvalue weighted by atomic mass is 9.59. The number of phenolic OH excluding ortho intramolecular Hbond substituents is 1. The number of allylic oxidation sites excluding steroid dienone is 5. The molecule has 0 bridgehead atoms. The van der Waals surface area contributed by atoms with Gasteiger partial charge in [0, 0.05) is 25.0 Å². The summed E-state index contributed by atoms with van der Waals surface area (Å²) in [5.41, 5.74) is 4.94. The van der Waals surface area contributed by atoms with E-state index in [2.05, 4.69) is 6.58 Å². The molecule has 3 atom stereocenters. The highest BCUT2D eigenvalue weighted by molar-refractivity contribution is 6.22. The lowest BCUT2D eigenvalue weighted by Gasteiger charge is -2.48. The number of aromatic hydroxyl groups is 1. The Kier molecular flexibility index (Phi) is 6.02. The monoisotopic (exact) mass is 477 g/mol. The highest BCUT2D eigenvalue weighted by atomic mass is 16.5. The summed E-state index contributed by atoms with van der Waals surface area (Å²) in [7, 11) is 1.20. The standard InChI is InChI=1S/C27H27NO7/c1-4-6-13(7-5-2)16-8-9-18(29)21-17(16)11-14-10-15-12-19(30)22(26(28)34)25(33)27(15,35-3)24(32)20(14)23(21)31/h4-9,14-15,29,31,33H,1,10-12H2,2-3H3,(H2,28,34)/b7-5-,13-6+/t14?,15?,27-/m0/s1. The first-order valence-corrected chi connectivity index (χ1v) is 11.2. The van der Waals surface area contributed by atoms with Crippen molar-refractivity contribution < 1.29 is 34.4 Å². The zero-order valence-electron chi connectivity index (χ0n) is 19.5.